The van der Waals surface area contributed by atoms with E-state index in [9.17, 15) is 27.2 Å². The van der Waals surface area contributed by atoms with Crippen molar-refractivity contribution in [1.29, 1.82) is 0 Å². The van der Waals surface area contributed by atoms with E-state index in [1.54, 1.807) is 0 Å². The average Bonchev–Trinajstić information content (AvgIpc) is 3.37. The summed E-state index contributed by atoms with van der Waals surface area (Å²) in [5, 5.41) is -0.254. The molecular weight excluding hydrogens is 516 g/mol. The molecule has 0 aliphatic carbocycles. The molecule has 0 atom stereocenters. The first-order valence-electron chi connectivity index (χ1n) is 11.1. The fourth-order valence-electron chi connectivity index (χ4n) is 4.16. The van der Waals surface area contributed by atoms with Gasteiger partial charge >= 0.3 is 11.9 Å². The zero-order valence-electron chi connectivity index (χ0n) is 20.1. The smallest absolute Gasteiger partial charge is 0.444 e. The van der Waals surface area contributed by atoms with Crippen LogP contribution in [-0.2, 0) is 22.4 Å². The number of rotatable bonds is 8. The van der Waals surface area contributed by atoms with Gasteiger partial charge in [0.05, 0.1) is 25.3 Å². The number of fused-ring (bicyclic) bond motifs is 2. The number of halogens is 4. The third-order valence-electron chi connectivity index (χ3n) is 5.74. The highest BCUT2D eigenvalue weighted by Gasteiger charge is 2.27. The highest BCUT2D eigenvalue weighted by Crippen LogP contribution is 2.34. The van der Waals surface area contributed by atoms with Crippen molar-refractivity contribution in [2.24, 2.45) is 11.5 Å². The summed E-state index contributed by atoms with van der Waals surface area (Å²) in [5.41, 5.74) is 11.2. The molecule has 202 valence electrons. The monoisotopic (exact) mass is 538 g/mol. The van der Waals surface area contributed by atoms with Gasteiger partial charge in [-0.1, -0.05) is 0 Å². The maximum Gasteiger partial charge on any atom is 0.444 e. The number of ether oxygens (including phenoxy) is 2. The Morgan fingerprint density at radius 2 is 1.11 bits per heavy atom. The van der Waals surface area contributed by atoms with Crippen molar-refractivity contribution in [2.45, 2.75) is 12.8 Å². The molecule has 2 aromatic carbocycles. The molecule has 38 heavy (non-hydrogen) atoms. The van der Waals surface area contributed by atoms with Gasteiger partial charge in [-0.15, -0.1) is 0 Å². The summed E-state index contributed by atoms with van der Waals surface area (Å²) in [5.74, 6) is -8.76. The summed E-state index contributed by atoms with van der Waals surface area (Å²) in [6, 6.07) is 1.71. The van der Waals surface area contributed by atoms with E-state index in [0.29, 0.717) is 9.46 Å². The lowest BCUT2D eigenvalue weighted by Crippen LogP contribution is -2.34. The van der Waals surface area contributed by atoms with Crippen molar-refractivity contribution < 1.29 is 46.3 Å². The fourth-order valence-corrected chi connectivity index (χ4v) is 4.16. The maximum absolute atomic E-state index is 14.9. The Labute approximate surface area is 212 Å². The molecule has 0 spiro atoms. The minimum absolute atomic E-state index is 0.0813. The Hall–Kier alpha value is -4.30. The zero-order valence-corrected chi connectivity index (χ0v) is 20.1. The second kappa shape index (κ2) is 10.6. The largest absolute Gasteiger partial charge is 0.491 e. The predicted octanol–water partition coefficient (Wildman–Crippen LogP) is 1.78. The van der Waals surface area contributed by atoms with Gasteiger partial charge in [0, 0.05) is 35.3 Å². The van der Waals surface area contributed by atoms with Crippen LogP contribution in [-0.4, -0.2) is 48.7 Å². The molecule has 2 heterocycles. The van der Waals surface area contributed by atoms with Crippen LogP contribution in [0.25, 0.3) is 21.8 Å². The first-order chi connectivity index (χ1) is 18.2. The van der Waals surface area contributed by atoms with Gasteiger partial charge < -0.3 is 30.6 Å². The van der Waals surface area contributed by atoms with Gasteiger partial charge in [-0.05, 0) is 37.1 Å². The average molecular weight is 538 g/mol. The van der Waals surface area contributed by atoms with Crippen LogP contribution >= 0.6 is 0 Å². The van der Waals surface area contributed by atoms with E-state index in [-0.39, 0.29) is 58.9 Å². The molecule has 0 saturated heterocycles. The van der Waals surface area contributed by atoms with E-state index >= 15 is 0 Å². The standard InChI is InChI=1S/C24H22F4N4O6/c1-35-21-13(25)7-15-17(19(21)27)11(3-5-29)9-31(15)37-23(33)24(34)38-32-10-12(4-6-30)18-16(32)8-14(26)22(36-2)20(18)28/h7-10H,3-6,29-30H2,1-2H3. The summed E-state index contributed by atoms with van der Waals surface area (Å²) in [6.07, 6.45) is 2.56. The van der Waals surface area contributed by atoms with Gasteiger partial charge in [0.1, 0.15) is 0 Å². The number of nitrogens with zero attached hydrogens (tertiary/aromatic N) is 2. The highest BCUT2D eigenvalue weighted by molar-refractivity contribution is 6.30. The minimum Gasteiger partial charge on any atom is -0.491 e. The normalized spacial score (nSPS) is 11.3. The molecule has 0 aliphatic heterocycles. The molecule has 2 aromatic heterocycles. The topological polar surface area (TPSA) is 133 Å². The second-order valence-electron chi connectivity index (χ2n) is 7.99. The summed E-state index contributed by atoms with van der Waals surface area (Å²) in [4.78, 5) is 35.2. The molecule has 10 nitrogen and oxygen atoms in total. The lowest BCUT2D eigenvalue weighted by molar-refractivity contribution is -0.167. The van der Waals surface area contributed by atoms with Gasteiger partial charge in [0.25, 0.3) is 0 Å². The molecule has 0 unspecified atom stereocenters. The molecule has 14 heteroatoms. The number of carbonyl (C=O) groups is 2. The van der Waals surface area contributed by atoms with E-state index < -0.39 is 46.7 Å². The van der Waals surface area contributed by atoms with Crippen LogP contribution in [0.4, 0.5) is 17.6 Å². The molecule has 0 amide bonds. The number of methoxy groups -OCH3 is 2. The van der Waals surface area contributed by atoms with Crippen molar-refractivity contribution in [3.8, 4) is 11.5 Å². The Morgan fingerprint density at radius 3 is 1.42 bits per heavy atom. The zero-order chi connectivity index (χ0) is 27.7. The lowest BCUT2D eigenvalue weighted by Gasteiger charge is -2.09. The molecule has 0 radical (unpaired) electrons. The van der Waals surface area contributed by atoms with Crippen LogP contribution in [0.2, 0.25) is 0 Å². The minimum atomic E-state index is -1.60. The molecule has 4 aromatic rings. The van der Waals surface area contributed by atoms with Crippen LogP contribution in [0.3, 0.4) is 0 Å². The van der Waals surface area contributed by atoms with Gasteiger partial charge in [-0.3, -0.25) is 0 Å². The number of hydrogen-bond donors (Lipinski definition) is 2. The summed E-state index contributed by atoms with van der Waals surface area (Å²) in [7, 11) is 2.17. The van der Waals surface area contributed by atoms with E-state index in [2.05, 4.69) is 0 Å². The first kappa shape index (κ1) is 26.8. The van der Waals surface area contributed by atoms with Crippen molar-refractivity contribution in [1.82, 2.24) is 9.46 Å². The Bertz CT molecular complexity index is 1450. The number of benzene rings is 2. The van der Waals surface area contributed by atoms with E-state index in [4.69, 9.17) is 30.6 Å². The Kier molecular flexibility index (Phi) is 7.46. The van der Waals surface area contributed by atoms with Crippen molar-refractivity contribution in [3.63, 3.8) is 0 Å². The van der Waals surface area contributed by atoms with E-state index in [1.165, 1.54) is 0 Å². The molecule has 0 bridgehead atoms. The van der Waals surface area contributed by atoms with Gasteiger partial charge in [0.2, 0.25) is 0 Å². The maximum atomic E-state index is 14.9. The Morgan fingerprint density at radius 1 is 0.737 bits per heavy atom. The van der Waals surface area contributed by atoms with E-state index in [1.807, 2.05) is 0 Å². The third kappa shape index (κ3) is 4.48. The molecule has 4 N–H and O–H groups in total. The van der Waals surface area contributed by atoms with Gasteiger partial charge in [-0.2, -0.15) is 9.46 Å². The molecule has 0 fully saturated rings. The predicted molar refractivity (Wildman–Crippen MR) is 126 cm³/mol. The van der Waals surface area contributed by atoms with Crippen molar-refractivity contribution >= 4 is 33.7 Å². The number of nitrogens with two attached hydrogens (primary N) is 2. The van der Waals surface area contributed by atoms with Crippen LogP contribution in [0.5, 0.6) is 11.5 Å². The Balaban J connectivity index is 1.69. The second-order valence-corrected chi connectivity index (χ2v) is 7.99. The lowest BCUT2D eigenvalue weighted by atomic mass is 10.1. The van der Waals surface area contributed by atoms with Crippen LogP contribution in [0.15, 0.2) is 24.5 Å². The van der Waals surface area contributed by atoms with Gasteiger partial charge in [0.15, 0.2) is 34.8 Å². The number of hydrogen-bond acceptors (Lipinski definition) is 8. The van der Waals surface area contributed by atoms with Crippen molar-refractivity contribution in [2.75, 3.05) is 27.3 Å². The van der Waals surface area contributed by atoms with Crippen LogP contribution in [0.1, 0.15) is 11.1 Å². The number of carbonyl (C=O) groups excluding carboxylic acids is 2. The molecule has 4 rings (SSSR count). The van der Waals surface area contributed by atoms with Crippen molar-refractivity contribution in [3.05, 3.63) is 58.9 Å². The van der Waals surface area contributed by atoms with Crippen LogP contribution in [0, 0.1) is 23.3 Å². The van der Waals surface area contributed by atoms with Crippen LogP contribution < -0.4 is 30.6 Å². The SMILES string of the molecule is COc1c(F)cc2c(c(CCN)cn2OC(=O)C(=O)On2cc(CCN)c3c(F)c(OC)c(F)cc32)c1F. The first-order valence-corrected chi connectivity index (χ1v) is 11.1. The van der Waals surface area contributed by atoms with Gasteiger partial charge in [-0.25, -0.2) is 27.2 Å². The fraction of sp³-hybridized carbons (Fsp3) is 0.250. The summed E-state index contributed by atoms with van der Waals surface area (Å²) >= 11 is 0. The third-order valence-corrected chi connectivity index (χ3v) is 5.74. The number of aromatic nitrogens is 2. The summed E-state index contributed by atoms with van der Waals surface area (Å²) < 4.78 is 69.4. The molecular formula is C24H22F4N4O6. The summed E-state index contributed by atoms with van der Waals surface area (Å²) in [6.45, 7) is 0.163. The highest BCUT2D eigenvalue weighted by atomic mass is 19.1. The molecule has 0 aliphatic rings. The van der Waals surface area contributed by atoms with E-state index in [0.717, 1.165) is 38.7 Å². The molecule has 0 saturated carbocycles. The quantitative estimate of drug-likeness (QED) is 0.256.